The van der Waals surface area contributed by atoms with E-state index in [0.29, 0.717) is 30.7 Å². The molecule has 1 amide bonds. The maximum atomic E-state index is 14.3. The number of ether oxygens (including phenoxy) is 1. The molecule has 1 aliphatic heterocycles. The fraction of sp³-hybridized carbons (Fsp3) is 0.296. The summed E-state index contributed by atoms with van der Waals surface area (Å²) in [6.45, 7) is 0.812. The molecular weight excluding hydrogens is 481 g/mol. The van der Waals surface area contributed by atoms with Gasteiger partial charge in [-0.2, -0.15) is 12.7 Å². The summed E-state index contributed by atoms with van der Waals surface area (Å²) in [6.07, 6.45) is 0.987. The molecule has 190 valence electrons. The molecule has 9 heteroatoms. The van der Waals surface area contributed by atoms with Gasteiger partial charge < -0.3 is 10.1 Å². The summed E-state index contributed by atoms with van der Waals surface area (Å²) < 4.78 is 48.6. The van der Waals surface area contributed by atoms with Crippen LogP contribution in [0.3, 0.4) is 0 Å². The van der Waals surface area contributed by atoms with E-state index in [1.807, 2.05) is 30.3 Å². The molecule has 1 heterocycles. The van der Waals surface area contributed by atoms with Crippen LogP contribution in [0.2, 0.25) is 0 Å². The molecule has 7 nitrogen and oxygen atoms in total. The lowest BCUT2D eigenvalue weighted by molar-refractivity contribution is 0.0930. The number of methoxy groups -OCH3 is 1. The van der Waals surface area contributed by atoms with E-state index >= 15 is 0 Å². The van der Waals surface area contributed by atoms with Crippen LogP contribution in [0.1, 0.15) is 28.8 Å². The van der Waals surface area contributed by atoms with Gasteiger partial charge in [-0.25, -0.2) is 4.39 Å². The van der Waals surface area contributed by atoms with Crippen LogP contribution in [0.4, 0.5) is 10.1 Å². The molecule has 1 saturated heterocycles. The Morgan fingerprint density at radius 3 is 2.28 bits per heavy atom. The lowest BCUT2D eigenvalue weighted by atomic mass is 9.73. The smallest absolute Gasteiger partial charge is 0.303 e. The number of para-hydroxylation sites is 2. The molecule has 0 bridgehead atoms. The first-order valence-corrected chi connectivity index (χ1v) is 13.1. The van der Waals surface area contributed by atoms with E-state index in [9.17, 15) is 17.6 Å². The number of rotatable bonds is 8. The molecule has 36 heavy (non-hydrogen) atoms. The molecule has 1 aliphatic rings. The number of benzene rings is 3. The van der Waals surface area contributed by atoms with E-state index < -0.39 is 21.4 Å². The quantitative estimate of drug-likeness (QED) is 0.496. The number of amides is 1. The number of nitrogens with one attached hydrogen (secondary N) is 1. The van der Waals surface area contributed by atoms with Crippen LogP contribution >= 0.6 is 0 Å². The van der Waals surface area contributed by atoms with Gasteiger partial charge in [0.25, 0.3) is 5.91 Å². The second-order valence-corrected chi connectivity index (χ2v) is 10.8. The van der Waals surface area contributed by atoms with Crippen LogP contribution in [0.15, 0.2) is 78.9 Å². The van der Waals surface area contributed by atoms with Gasteiger partial charge in [0.15, 0.2) is 0 Å². The lowest BCUT2D eigenvalue weighted by Gasteiger charge is -2.42. The zero-order valence-electron chi connectivity index (χ0n) is 20.4. The molecule has 3 aromatic carbocycles. The summed E-state index contributed by atoms with van der Waals surface area (Å²) in [6, 6.07) is 22.6. The zero-order chi connectivity index (χ0) is 25.8. The third-order valence-corrected chi connectivity index (χ3v) is 8.78. The SMILES string of the molecule is COc1ccccc1C(=O)NCC1(c2ccccc2)CCN(S(=O)(=O)N(C)c2ccccc2F)CC1. The standard InChI is InChI=1S/C27H30FN3O4S/c1-30(24-14-8-7-13-23(24)28)36(33,34)31-18-16-27(17-19-31,21-10-4-3-5-11-21)20-29-26(32)22-12-6-9-15-25(22)35-2/h3-15H,16-20H2,1-2H3,(H,29,32). The lowest BCUT2D eigenvalue weighted by Crippen LogP contribution is -2.53. The van der Waals surface area contributed by atoms with Crippen LogP contribution in [-0.4, -0.2) is 52.4 Å². The van der Waals surface area contributed by atoms with Crippen molar-refractivity contribution in [3.05, 3.63) is 95.8 Å². The van der Waals surface area contributed by atoms with Crippen molar-refractivity contribution in [2.45, 2.75) is 18.3 Å². The molecular formula is C27H30FN3O4S. The minimum Gasteiger partial charge on any atom is -0.496 e. The number of hydrogen-bond donors (Lipinski definition) is 1. The van der Waals surface area contributed by atoms with Crippen molar-refractivity contribution in [2.75, 3.05) is 38.1 Å². The van der Waals surface area contributed by atoms with Gasteiger partial charge in [0, 0.05) is 32.1 Å². The minimum absolute atomic E-state index is 0.00136. The van der Waals surface area contributed by atoms with Gasteiger partial charge >= 0.3 is 10.2 Å². The summed E-state index contributed by atoms with van der Waals surface area (Å²) in [5.74, 6) is -0.365. The molecule has 0 spiro atoms. The van der Waals surface area contributed by atoms with Gasteiger partial charge in [-0.15, -0.1) is 0 Å². The Balaban J connectivity index is 1.54. The molecule has 1 fully saturated rings. The van der Waals surface area contributed by atoms with Crippen molar-refractivity contribution >= 4 is 21.8 Å². The Morgan fingerprint density at radius 2 is 1.61 bits per heavy atom. The highest BCUT2D eigenvalue weighted by atomic mass is 32.2. The Hall–Kier alpha value is -3.43. The van der Waals surface area contributed by atoms with Crippen LogP contribution in [-0.2, 0) is 15.6 Å². The van der Waals surface area contributed by atoms with Crippen molar-refractivity contribution in [1.82, 2.24) is 9.62 Å². The number of hydrogen-bond acceptors (Lipinski definition) is 4. The zero-order valence-corrected chi connectivity index (χ0v) is 21.2. The number of piperidine rings is 1. The molecule has 0 aliphatic carbocycles. The third kappa shape index (κ3) is 5.08. The second kappa shape index (κ2) is 10.7. The van der Waals surface area contributed by atoms with Crippen LogP contribution < -0.4 is 14.4 Å². The number of halogens is 1. The Bertz CT molecular complexity index is 1310. The average Bonchev–Trinajstić information content (AvgIpc) is 2.92. The summed E-state index contributed by atoms with van der Waals surface area (Å²) >= 11 is 0. The normalized spacial score (nSPS) is 15.8. The molecule has 3 aromatic rings. The topological polar surface area (TPSA) is 79.0 Å². The first kappa shape index (κ1) is 25.7. The maximum absolute atomic E-state index is 14.3. The van der Waals surface area contributed by atoms with Gasteiger partial charge in [-0.1, -0.05) is 54.6 Å². The Labute approximate surface area is 211 Å². The summed E-state index contributed by atoms with van der Waals surface area (Å²) in [7, 11) is -1.05. The van der Waals surface area contributed by atoms with E-state index in [-0.39, 0.29) is 24.7 Å². The predicted octanol–water partition coefficient (Wildman–Crippen LogP) is 3.98. The van der Waals surface area contributed by atoms with E-state index in [0.717, 1.165) is 9.87 Å². The highest BCUT2D eigenvalue weighted by Crippen LogP contribution is 2.37. The van der Waals surface area contributed by atoms with Crippen LogP contribution in [0.25, 0.3) is 0 Å². The highest BCUT2D eigenvalue weighted by molar-refractivity contribution is 7.90. The average molecular weight is 512 g/mol. The molecule has 0 aromatic heterocycles. The monoisotopic (exact) mass is 511 g/mol. The summed E-state index contributed by atoms with van der Waals surface area (Å²) in [5, 5.41) is 3.05. The fourth-order valence-electron chi connectivity index (χ4n) is 4.69. The number of carbonyl (C=O) groups is 1. The van der Waals surface area contributed by atoms with Crippen LogP contribution in [0.5, 0.6) is 5.75 Å². The molecule has 0 radical (unpaired) electrons. The van der Waals surface area contributed by atoms with Crippen molar-refractivity contribution < 1.29 is 22.3 Å². The minimum atomic E-state index is -3.93. The van der Waals surface area contributed by atoms with Crippen molar-refractivity contribution in [3.63, 3.8) is 0 Å². The molecule has 1 N–H and O–H groups in total. The van der Waals surface area contributed by atoms with Gasteiger partial charge in [0.2, 0.25) is 0 Å². The Kier molecular flexibility index (Phi) is 7.61. The first-order valence-electron chi connectivity index (χ1n) is 11.7. The van der Waals surface area contributed by atoms with E-state index in [4.69, 9.17) is 4.74 Å². The Morgan fingerprint density at radius 1 is 1.00 bits per heavy atom. The predicted molar refractivity (Wildman–Crippen MR) is 138 cm³/mol. The number of nitrogens with zero attached hydrogens (tertiary/aromatic N) is 2. The van der Waals surface area contributed by atoms with Crippen molar-refractivity contribution in [3.8, 4) is 5.75 Å². The first-order chi connectivity index (χ1) is 17.3. The highest BCUT2D eigenvalue weighted by Gasteiger charge is 2.41. The van der Waals surface area contributed by atoms with E-state index in [1.54, 1.807) is 30.3 Å². The van der Waals surface area contributed by atoms with Gasteiger partial charge in [-0.05, 0) is 42.7 Å². The van der Waals surface area contributed by atoms with E-state index in [1.165, 1.54) is 36.7 Å². The van der Waals surface area contributed by atoms with Crippen molar-refractivity contribution in [1.29, 1.82) is 0 Å². The fourth-order valence-corrected chi connectivity index (χ4v) is 6.07. The van der Waals surface area contributed by atoms with Gasteiger partial charge in [0.05, 0.1) is 18.4 Å². The van der Waals surface area contributed by atoms with E-state index in [2.05, 4.69) is 5.32 Å². The number of carbonyl (C=O) groups excluding carboxylic acids is 1. The van der Waals surface area contributed by atoms with Gasteiger partial charge in [0.1, 0.15) is 11.6 Å². The molecule has 0 unspecified atom stereocenters. The summed E-state index contributed by atoms with van der Waals surface area (Å²) in [5.41, 5.74) is 1.02. The van der Waals surface area contributed by atoms with Crippen LogP contribution in [0, 0.1) is 5.82 Å². The van der Waals surface area contributed by atoms with Crippen molar-refractivity contribution in [2.24, 2.45) is 0 Å². The summed E-state index contributed by atoms with van der Waals surface area (Å²) in [4.78, 5) is 13.0. The molecule has 0 saturated carbocycles. The number of anilines is 1. The van der Waals surface area contributed by atoms with Gasteiger partial charge in [-0.3, -0.25) is 9.10 Å². The third-order valence-electron chi connectivity index (χ3n) is 6.87. The maximum Gasteiger partial charge on any atom is 0.303 e. The second-order valence-electron chi connectivity index (χ2n) is 8.86. The molecule has 4 rings (SSSR count). The molecule has 0 atom stereocenters. The largest absolute Gasteiger partial charge is 0.496 e.